The van der Waals surface area contributed by atoms with Gasteiger partial charge in [-0.25, -0.2) is 0 Å². The van der Waals surface area contributed by atoms with Crippen LogP contribution in [0.15, 0.2) is 36.5 Å². The molecule has 2 aromatic rings. The number of carbonyl (C=O) groups is 1. The van der Waals surface area contributed by atoms with Gasteiger partial charge in [0.25, 0.3) is 0 Å². The fourth-order valence-electron chi connectivity index (χ4n) is 4.02. The summed E-state index contributed by atoms with van der Waals surface area (Å²) in [5, 5.41) is 27.3. The van der Waals surface area contributed by atoms with Crippen LogP contribution in [0.5, 0.6) is 0 Å². The molecular weight excluding hydrogens is 396 g/mol. The number of aliphatic hydroxyl groups is 2. The van der Waals surface area contributed by atoms with E-state index in [9.17, 15) is 15.0 Å². The van der Waals surface area contributed by atoms with E-state index in [2.05, 4.69) is 15.6 Å². The molecule has 1 fully saturated rings. The van der Waals surface area contributed by atoms with Crippen LogP contribution in [0, 0.1) is 0 Å². The molecule has 0 saturated carbocycles. The highest BCUT2D eigenvalue weighted by Crippen LogP contribution is 2.23. The standard InChI is InChI=1S/C23H34N4O4/c1-16-15-20(22(29)23(30)31-16)27(2)14-6-12-26-21(28)9-5-11-24-19-10-13-25-18-8-4-3-7-17(18)19/h3-4,7-8,10,13,16,20,22-23,29-30H,5-6,9,11-12,14-15H2,1-2H3,(H,24,25)(H,26,28)/t16?,20-,22+,23+/m0/s1. The topological polar surface area (TPSA) is 107 Å². The number of nitrogens with zero attached hydrogens (tertiary/aromatic N) is 2. The second-order valence-corrected chi connectivity index (χ2v) is 8.22. The normalized spacial score (nSPS) is 23.8. The molecule has 0 radical (unpaired) electrons. The molecule has 0 spiro atoms. The maximum Gasteiger partial charge on any atom is 0.220 e. The summed E-state index contributed by atoms with van der Waals surface area (Å²) in [6, 6.07) is 9.78. The molecule has 1 aromatic heterocycles. The lowest BCUT2D eigenvalue weighted by Crippen LogP contribution is -2.54. The van der Waals surface area contributed by atoms with Crippen LogP contribution in [0.1, 0.15) is 32.6 Å². The number of aromatic nitrogens is 1. The van der Waals surface area contributed by atoms with Crippen molar-refractivity contribution in [1.82, 2.24) is 15.2 Å². The lowest BCUT2D eigenvalue weighted by atomic mass is 9.99. The average molecular weight is 431 g/mol. The number of benzene rings is 1. The molecule has 1 amide bonds. The van der Waals surface area contributed by atoms with Crippen LogP contribution in [-0.4, -0.2) is 77.2 Å². The SMILES string of the molecule is CC1C[C@H](N(C)CCCNC(=O)CCCNc2ccnc3ccccc23)[C@@H](O)[C@H](O)O1. The first-order valence-corrected chi connectivity index (χ1v) is 11.0. The average Bonchev–Trinajstić information content (AvgIpc) is 2.76. The molecule has 31 heavy (non-hydrogen) atoms. The Labute approximate surface area is 183 Å². The number of likely N-dealkylation sites (N-methyl/N-ethyl adjacent to an activating group) is 1. The molecule has 0 aliphatic carbocycles. The molecular formula is C23H34N4O4. The number of carbonyl (C=O) groups excluding carboxylic acids is 1. The van der Waals surface area contributed by atoms with E-state index in [-0.39, 0.29) is 18.1 Å². The van der Waals surface area contributed by atoms with Crippen molar-refractivity contribution in [3.05, 3.63) is 36.5 Å². The number of hydrogen-bond acceptors (Lipinski definition) is 7. The van der Waals surface area contributed by atoms with Crippen LogP contribution in [-0.2, 0) is 9.53 Å². The Morgan fingerprint density at radius 1 is 1.23 bits per heavy atom. The van der Waals surface area contributed by atoms with Gasteiger partial charge in [0.1, 0.15) is 6.10 Å². The smallest absolute Gasteiger partial charge is 0.220 e. The largest absolute Gasteiger partial charge is 0.386 e. The summed E-state index contributed by atoms with van der Waals surface area (Å²) in [7, 11) is 1.93. The molecule has 1 aliphatic rings. The maximum absolute atomic E-state index is 12.1. The van der Waals surface area contributed by atoms with Gasteiger partial charge in [-0.05, 0) is 51.9 Å². The van der Waals surface area contributed by atoms with Crippen LogP contribution >= 0.6 is 0 Å². The van der Waals surface area contributed by atoms with Crippen molar-refractivity contribution >= 4 is 22.5 Å². The van der Waals surface area contributed by atoms with E-state index in [1.54, 1.807) is 6.20 Å². The van der Waals surface area contributed by atoms with E-state index in [0.717, 1.165) is 36.0 Å². The number of aliphatic hydroxyl groups excluding tert-OH is 2. The molecule has 8 nitrogen and oxygen atoms in total. The molecule has 8 heteroatoms. The van der Waals surface area contributed by atoms with Gasteiger partial charge in [-0.2, -0.15) is 0 Å². The first-order valence-electron chi connectivity index (χ1n) is 11.0. The van der Waals surface area contributed by atoms with E-state index in [1.807, 2.05) is 49.2 Å². The third-order valence-corrected chi connectivity index (χ3v) is 5.75. The number of nitrogens with one attached hydrogen (secondary N) is 2. The molecule has 170 valence electrons. The molecule has 1 saturated heterocycles. The summed E-state index contributed by atoms with van der Waals surface area (Å²) in [4.78, 5) is 18.5. The van der Waals surface area contributed by atoms with E-state index in [1.165, 1.54) is 0 Å². The highest BCUT2D eigenvalue weighted by atomic mass is 16.6. The quantitative estimate of drug-likeness (QED) is 0.425. The fraction of sp³-hybridized carbons (Fsp3) is 0.565. The van der Waals surface area contributed by atoms with Gasteiger partial charge in [-0.3, -0.25) is 9.78 Å². The summed E-state index contributed by atoms with van der Waals surface area (Å²) < 4.78 is 5.25. The number of rotatable bonds is 10. The van der Waals surface area contributed by atoms with Crippen molar-refractivity contribution in [3.63, 3.8) is 0 Å². The summed E-state index contributed by atoms with van der Waals surface area (Å²) in [5.41, 5.74) is 1.98. The van der Waals surface area contributed by atoms with Gasteiger partial charge in [0.15, 0.2) is 6.29 Å². The van der Waals surface area contributed by atoms with Crippen LogP contribution in [0.25, 0.3) is 10.9 Å². The molecule has 0 bridgehead atoms. The molecule has 1 aliphatic heterocycles. The Morgan fingerprint density at radius 2 is 2.03 bits per heavy atom. The minimum atomic E-state index is -1.14. The lowest BCUT2D eigenvalue weighted by molar-refractivity contribution is -0.231. The first-order chi connectivity index (χ1) is 15.0. The number of pyridine rings is 1. The molecule has 1 aromatic carbocycles. The second-order valence-electron chi connectivity index (χ2n) is 8.22. The third-order valence-electron chi connectivity index (χ3n) is 5.75. The van der Waals surface area contributed by atoms with E-state index >= 15 is 0 Å². The number of ether oxygens (including phenoxy) is 1. The van der Waals surface area contributed by atoms with Crippen molar-refractivity contribution in [1.29, 1.82) is 0 Å². The van der Waals surface area contributed by atoms with Crippen molar-refractivity contribution in [3.8, 4) is 0 Å². The van der Waals surface area contributed by atoms with Gasteiger partial charge >= 0.3 is 0 Å². The second kappa shape index (κ2) is 11.4. The Hall–Kier alpha value is -2.26. The zero-order valence-corrected chi connectivity index (χ0v) is 18.3. The summed E-state index contributed by atoms with van der Waals surface area (Å²) in [6.45, 7) is 3.91. The Bertz CT molecular complexity index is 844. The Balaban J connectivity index is 1.30. The van der Waals surface area contributed by atoms with Gasteiger partial charge in [0, 0.05) is 42.8 Å². The Kier molecular flexibility index (Phi) is 8.60. The highest BCUT2D eigenvalue weighted by Gasteiger charge is 2.36. The predicted molar refractivity (Wildman–Crippen MR) is 121 cm³/mol. The summed E-state index contributed by atoms with van der Waals surface area (Å²) >= 11 is 0. The zero-order valence-electron chi connectivity index (χ0n) is 18.3. The number of fused-ring (bicyclic) bond motifs is 1. The van der Waals surface area contributed by atoms with Gasteiger partial charge in [-0.15, -0.1) is 0 Å². The number of anilines is 1. The van der Waals surface area contributed by atoms with Crippen molar-refractivity contribution < 1.29 is 19.7 Å². The molecule has 1 unspecified atom stereocenters. The minimum Gasteiger partial charge on any atom is -0.386 e. The monoisotopic (exact) mass is 430 g/mol. The Morgan fingerprint density at radius 3 is 2.87 bits per heavy atom. The third kappa shape index (κ3) is 6.61. The van der Waals surface area contributed by atoms with Crippen LogP contribution in [0.2, 0.25) is 0 Å². The van der Waals surface area contributed by atoms with Crippen molar-refractivity contribution in [2.75, 3.05) is 32.0 Å². The molecule has 3 rings (SSSR count). The van der Waals surface area contributed by atoms with Gasteiger partial charge < -0.3 is 30.5 Å². The van der Waals surface area contributed by atoms with Gasteiger partial charge in [-0.1, -0.05) is 18.2 Å². The fourth-order valence-corrected chi connectivity index (χ4v) is 4.02. The van der Waals surface area contributed by atoms with Crippen LogP contribution in [0.4, 0.5) is 5.69 Å². The zero-order chi connectivity index (χ0) is 22.2. The van der Waals surface area contributed by atoms with Crippen molar-refractivity contribution in [2.45, 2.75) is 57.1 Å². The summed E-state index contributed by atoms with van der Waals surface area (Å²) in [5.74, 6) is 0.0409. The number of amides is 1. The number of hydrogen-bond donors (Lipinski definition) is 4. The van der Waals surface area contributed by atoms with Crippen LogP contribution in [0.3, 0.4) is 0 Å². The van der Waals surface area contributed by atoms with Gasteiger partial charge in [0.2, 0.25) is 5.91 Å². The van der Waals surface area contributed by atoms with E-state index in [4.69, 9.17) is 4.74 Å². The maximum atomic E-state index is 12.1. The van der Waals surface area contributed by atoms with Crippen LogP contribution < -0.4 is 10.6 Å². The van der Waals surface area contributed by atoms with E-state index < -0.39 is 12.4 Å². The molecule has 2 heterocycles. The lowest BCUT2D eigenvalue weighted by Gasteiger charge is -2.40. The van der Waals surface area contributed by atoms with E-state index in [0.29, 0.717) is 25.9 Å². The first kappa shape index (κ1) is 23.4. The minimum absolute atomic E-state index is 0.0409. The highest BCUT2D eigenvalue weighted by molar-refractivity contribution is 5.90. The van der Waals surface area contributed by atoms with Crippen molar-refractivity contribution in [2.24, 2.45) is 0 Å². The summed E-state index contributed by atoms with van der Waals surface area (Å²) in [6.07, 6.45) is 2.29. The molecule has 4 atom stereocenters. The molecule has 4 N–H and O–H groups in total. The number of para-hydroxylation sites is 1. The predicted octanol–water partition coefficient (Wildman–Crippen LogP) is 1.72. The van der Waals surface area contributed by atoms with Gasteiger partial charge in [0.05, 0.1) is 11.6 Å².